The lowest BCUT2D eigenvalue weighted by molar-refractivity contribution is -0.136. The Labute approximate surface area is 200 Å². The first kappa shape index (κ1) is 22.0. The Hall–Kier alpha value is -2.82. The lowest BCUT2D eigenvalue weighted by atomic mass is 9.85. The summed E-state index contributed by atoms with van der Waals surface area (Å²) >= 11 is 6.25. The number of carbonyl (C=O) groups is 1. The first-order chi connectivity index (χ1) is 16.1. The zero-order valence-corrected chi connectivity index (χ0v) is 19.3. The highest BCUT2D eigenvalue weighted by Gasteiger charge is 2.45. The van der Waals surface area contributed by atoms with E-state index in [1.165, 1.54) is 0 Å². The van der Waals surface area contributed by atoms with Crippen LogP contribution in [0.4, 0.5) is 0 Å². The van der Waals surface area contributed by atoms with Crippen molar-refractivity contribution in [1.82, 2.24) is 4.90 Å². The smallest absolute Gasteiger partial charge is 0.234 e. The van der Waals surface area contributed by atoms with Gasteiger partial charge >= 0.3 is 0 Å². The Morgan fingerprint density at radius 3 is 2.09 bits per heavy atom. The number of hydrogen-bond donors (Lipinski definition) is 0. The predicted octanol–water partition coefficient (Wildman–Crippen LogP) is 5.70. The number of halogens is 1. The molecule has 1 spiro atoms. The summed E-state index contributed by atoms with van der Waals surface area (Å²) in [5.74, 6) is 0.567. The van der Waals surface area contributed by atoms with Crippen LogP contribution in [0, 0.1) is 0 Å². The molecule has 5 rings (SSSR count). The number of rotatable bonds is 5. The molecular formula is C28H28ClNO3. The van der Waals surface area contributed by atoms with Gasteiger partial charge in [-0.15, -0.1) is 0 Å². The van der Waals surface area contributed by atoms with Gasteiger partial charge in [0.1, 0.15) is 11.9 Å². The molecule has 3 aromatic carbocycles. The molecule has 170 valence electrons. The zero-order chi connectivity index (χ0) is 22.7. The van der Waals surface area contributed by atoms with E-state index >= 15 is 0 Å². The Morgan fingerprint density at radius 2 is 1.48 bits per heavy atom. The van der Waals surface area contributed by atoms with Crippen LogP contribution in [-0.2, 0) is 9.53 Å². The Balaban J connectivity index is 1.25. The van der Waals surface area contributed by atoms with E-state index < -0.39 is 0 Å². The van der Waals surface area contributed by atoms with Crippen molar-refractivity contribution < 1.29 is 14.3 Å². The van der Waals surface area contributed by atoms with E-state index in [2.05, 4.69) is 0 Å². The summed E-state index contributed by atoms with van der Waals surface area (Å²) in [5, 5.41) is 0.617. The van der Waals surface area contributed by atoms with Gasteiger partial charge < -0.3 is 14.4 Å². The summed E-state index contributed by atoms with van der Waals surface area (Å²) in [5.41, 5.74) is 1.83. The maximum Gasteiger partial charge on any atom is 0.234 e. The molecule has 0 N–H and O–H groups in total. The third kappa shape index (κ3) is 4.78. The second kappa shape index (κ2) is 9.58. The molecule has 5 heteroatoms. The third-order valence-corrected chi connectivity index (χ3v) is 7.12. The maximum atomic E-state index is 13.7. The molecule has 0 unspecified atom stereocenters. The van der Waals surface area contributed by atoms with Crippen molar-refractivity contribution in [2.75, 3.05) is 19.7 Å². The summed E-state index contributed by atoms with van der Waals surface area (Å²) < 4.78 is 12.4. The molecule has 1 amide bonds. The molecule has 2 heterocycles. The molecule has 0 radical (unpaired) electrons. The van der Waals surface area contributed by atoms with E-state index in [4.69, 9.17) is 21.1 Å². The standard InChI is InChI=1S/C28H28ClNO3/c29-24-13-7-8-14-25(24)33-23-19-28(32-20-23)15-17-30(18-16-28)27(31)26(21-9-3-1-4-10-21)22-11-5-2-6-12-22/h1-14,23,26H,15-20H2/t23-/m0/s1. The number of piperidine rings is 1. The monoisotopic (exact) mass is 461 g/mol. The normalized spacial score (nSPS) is 19.7. The number of ether oxygens (including phenoxy) is 2. The van der Waals surface area contributed by atoms with Gasteiger partial charge in [0.2, 0.25) is 5.91 Å². The minimum Gasteiger partial charge on any atom is -0.486 e. The molecule has 0 bridgehead atoms. The van der Waals surface area contributed by atoms with Crippen molar-refractivity contribution in [3.8, 4) is 5.75 Å². The summed E-state index contributed by atoms with van der Waals surface area (Å²) in [4.78, 5) is 15.7. The van der Waals surface area contributed by atoms with Crippen LogP contribution in [0.25, 0.3) is 0 Å². The SMILES string of the molecule is O=C(C(c1ccccc1)c1ccccc1)N1CCC2(CC1)C[C@H](Oc1ccccc1Cl)CO2. The second-order valence-corrected chi connectivity index (χ2v) is 9.36. The quantitative estimate of drug-likeness (QED) is 0.489. The van der Waals surface area contributed by atoms with Crippen molar-refractivity contribution >= 4 is 17.5 Å². The van der Waals surface area contributed by atoms with Gasteiger partial charge in [-0.1, -0.05) is 84.4 Å². The highest BCUT2D eigenvalue weighted by molar-refractivity contribution is 6.32. The number of carbonyl (C=O) groups excluding carboxylic acids is 1. The molecule has 0 aromatic heterocycles. The molecule has 2 aliphatic rings. The maximum absolute atomic E-state index is 13.7. The minimum atomic E-state index is -0.290. The summed E-state index contributed by atoms with van der Waals surface area (Å²) in [6.07, 6.45) is 2.43. The number of hydrogen-bond acceptors (Lipinski definition) is 3. The summed E-state index contributed by atoms with van der Waals surface area (Å²) in [6.45, 7) is 1.93. The molecule has 0 saturated carbocycles. The van der Waals surface area contributed by atoms with Crippen LogP contribution in [0.3, 0.4) is 0 Å². The molecule has 4 nitrogen and oxygen atoms in total. The predicted molar refractivity (Wildman–Crippen MR) is 130 cm³/mol. The summed E-state index contributed by atoms with van der Waals surface area (Å²) in [7, 11) is 0. The lowest BCUT2D eigenvalue weighted by Crippen LogP contribution is -2.48. The fraction of sp³-hybridized carbons (Fsp3) is 0.321. The number of amides is 1. The van der Waals surface area contributed by atoms with E-state index in [1.54, 1.807) is 0 Å². The molecule has 2 fully saturated rings. The van der Waals surface area contributed by atoms with Crippen molar-refractivity contribution in [2.45, 2.75) is 36.9 Å². The van der Waals surface area contributed by atoms with Crippen molar-refractivity contribution in [3.63, 3.8) is 0 Å². The van der Waals surface area contributed by atoms with Gasteiger partial charge in [-0.25, -0.2) is 0 Å². The van der Waals surface area contributed by atoms with Gasteiger partial charge in [0.25, 0.3) is 0 Å². The van der Waals surface area contributed by atoms with Crippen LogP contribution < -0.4 is 4.74 Å². The molecule has 2 aliphatic heterocycles. The van der Waals surface area contributed by atoms with E-state index in [9.17, 15) is 4.79 Å². The number of benzene rings is 3. The van der Waals surface area contributed by atoms with Gasteiger partial charge in [-0.3, -0.25) is 4.79 Å². The minimum absolute atomic E-state index is 0.0199. The Bertz CT molecular complexity index is 1040. The van der Waals surface area contributed by atoms with E-state index in [1.807, 2.05) is 89.8 Å². The number of para-hydroxylation sites is 1. The Morgan fingerprint density at radius 1 is 0.909 bits per heavy atom. The van der Waals surface area contributed by atoms with Crippen molar-refractivity contribution in [3.05, 3.63) is 101 Å². The first-order valence-electron chi connectivity index (χ1n) is 11.6. The van der Waals surface area contributed by atoms with Crippen LogP contribution in [0.15, 0.2) is 84.9 Å². The highest BCUT2D eigenvalue weighted by atomic mass is 35.5. The van der Waals surface area contributed by atoms with E-state index in [0.29, 0.717) is 30.5 Å². The highest BCUT2D eigenvalue weighted by Crippen LogP contribution is 2.39. The van der Waals surface area contributed by atoms with E-state index in [0.717, 1.165) is 30.4 Å². The molecular weight excluding hydrogens is 434 g/mol. The van der Waals surface area contributed by atoms with Crippen LogP contribution in [0.2, 0.25) is 5.02 Å². The van der Waals surface area contributed by atoms with Gasteiger partial charge in [0.05, 0.1) is 23.1 Å². The van der Waals surface area contributed by atoms with Gasteiger partial charge in [-0.2, -0.15) is 0 Å². The van der Waals surface area contributed by atoms with Crippen LogP contribution >= 0.6 is 11.6 Å². The van der Waals surface area contributed by atoms with Gasteiger partial charge in [-0.05, 0) is 36.1 Å². The Kier molecular flexibility index (Phi) is 6.39. The summed E-state index contributed by atoms with van der Waals surface area (Å²) in [6, 6.07) is 27.7. The van der Waals surface area contributed by atoms with Crippen molar-refractivity contribution in [1.29, 1.82) is 0 Å². The largest absolute Gasteiger partial charge is 0.486 e. The second-order valence-electron chi connectivity index (χ2n) is 8.95. The van der Waals surface area contributed by atoms with Crippen molar-refractivity contribution in [2.24, 2.45) is 0 Å². The molecule has 0 aliphatic carbocycles. The number of nitrogens with zero attached hydrogens (tertiary/aromatic N) is 1. The average Bonchev–Trinajstić information content (AvgIpc) is 3.24. The fourth-order valence-electron chi connectivity index (χ4n) is 5.03. The fourth-order valence-corrected chi connectivity index (χ4v) is 5.21. The van der Waals surface area contributed by atoms with Gasteiger partial charge in [0, 0.05) is 19.5 Å². The van der Waals surface area contributed by atoms with E-state index in [-0.39, 0.29) is 23.5 Å². The number of likely N-dealkylation sites (tertiary alicyclic amines) is 1. The van der Waals surface area contributed by atoms with Gasteiger partial charge in [0.15, 0.2) is 0 Å². The van der Waals surface area contributed by atoms with Crippen LogP contribution in [-0.4, -0.2) is 42.2 Å². The topological polar surface area (TPSA) is 38.8 Å². The molecule has 3 aromatic rings. The lowest BCUT2D eigenvalue weighted by Gasteiger charge is -2.39. The average molecular weight is 462 g/mol. The molecule has 1 atom stereocenters. The van der Waals surface area contributed by atoms with Crippen LogP contribution in [0.5, 0.6) is 5.75 Å². The zero-order valence-electron chi connectivity index (χ0n) is 18.5. The molecule has 2 saturated heterocycles. The first-order valence-corrected chi connectivity index (χ1v) is 12.0. The third-order valence-electron chi connectivity index (χ3n) is 6.80. The molecule has 33 heavy (non-hydrogen) atoms. The van der Waals surface area contributed by atoms with Crippen LogP contribution in [0.1, 0.15) is 36.3 Å².